The van der Waals surface area contributed by atoms with E-state index in [4.69, 9.17) is 11.6 Å². The second-order valence-corrected chi connectivity index (χ2v) is 4.72. The molecule has 1 nitrogen and oxygen atoms in total. The summed E-state index contributed by atoms with van der Waals surface area (Å²) in [4.78, 5) is 11.4. The van der Waals surface area contributed by atoms with Gasteiger partial charge in [0.15, 0.2) is 0 Å². The highest BCUT2D eigenvalue weighted by Crippen LogP contribution is 2.41. The monoisotopic (exact) mass is 220 g/mol. The number of rotatable bonds is 2. The van der Waals surface area contributed by atoms with Crippen LogP contribution < -0.4 is 0 Å². The van der Waals surface area contributed by atoms with Crippen molar-refractivity contribution in [2.75, 3.05) is 0 Å². The van der Waals surface area contributed by atoms with Gasteiger partial charge < -0.3 is 0 Å². The van der Waals surface area contributed by atoms with Crippen LogP contribution in [0.3, 0.4) is 0 Å². The Morgan fingerprint density at radius 2 is 2.00 bits per heavy atom. The predicted octanol–water partition coefficient (Wildman–Crippen LogP) is 3.42. The minimum Gasteiger partial charge on any atom is -0.280 e. The molecule has 1 aliphatic carbocycles. The second-order valence-electron chi connectivity index (χ2n) is 4.38. The van der Waals surface area contributed by atoms with Crippen molar-refractivity contribution in [3.05, 3.63) is 41.5 Å². The van der Waals surface area contributed by atoms with Crippen LogP contribution in [0.1, 0.15) is 25.0 Å². The summed E-state index contributed by atoms with van der Waals surface area (Å²) in [7, 11) is 0. The SMILES string of the molecule is CC(C)(C(=O)Cl)C1=CCc2ccccc21. The van der Waals surface area contributed by atoms with E-state index in [1.807, 2.05) is 26.0 Å². The van der Waals surface area contributed by atoms with Gasteiger partial charge in [-0.15, -0.1) is 0 Å². The molecule has 0 amide bonds. The molecule has 0 unspecified atom stereocenters. The quantitative estimate of drug-likeness (QED) is 0.698. The van der Waals surface area contributed by atoms with Gasteiger partial charge in [-0.1, -0.05) is 30.3 Å². The van der Waals surface area contributed by atoms with Crippen LogP contribution in [-0.2, 0) is 11.2 Å². The molecular formula is C13H13ClO. The molecule has 0 atom stereocenters. The third kappa shape index (κ3) is 1.61. The van der Waals surface area contributed by atoms with Crippen LogP contribution in [0.15, 0.2) is 30.3 Å². The molecule has 1 aromatic carbocycles. The van der Waals surface area contributed by atoms with E-state index in [0.717, 1.165) is 17.6 Å². The van der Waals surface area contributed by atoms with Gasteiger partial charge in [-0.05, 0) is 48.6 Å². The van der Waals surface area contributed by atoms with Gasteiger partial charge in [0.25, 0.3) is 0 Å². The highest BCUT2D eigenvalue weighted by molar-refractivity contribution is 6.65. The summed E-state index contributed by atoms with van der Waals surface area (Å²) < 4.78 is 0. The normalized spacial score (nSPS) is 14.7. The van der Waals surface area contributed by atoms with Crippen LogP contribution in [0.5, 0.6) is 0 Å². The topological polar surface area (TPSA) is 17.1 Å². The third-order valence-corrected chi connectivity index (χ3v) is 3.47. The molecule has 0 aromatic heterocycles. The molecule has 0 spiro atoms. The van der Waals surface area contributed by atoms with Gasteiger partial charge in [-0.25, -0.2) is 0 Å². The number of hydrogen-bond donors (Lipinski definition) is 0. The highest BCUT2D eigenvalue weighted by atomic mass is 35.5. The largest absolute Gasteiger partial charge is 0.280 e. The summed E-state index contributed by atoms with van der Waals surface area (Å²) >= 11 is 5.64. The van der Waals surface area contributed by atoms with Crippen LogP contribution >= 0.6 is 11.6 Å². The van der Waals surface area contributed by atoms with Crippen molar-refractivity contribution >= 4 is 22.4 Å². The minimum absolute atomic E-state index is 0.301. The predicted molar refractivity (Wildman–Crippen MR) is 62.8 cm³/mol. The molecule has 0 bridgehead atoms. The molecule has 1 aliphatic rings. The maximum Gasteiger partial charge on any atom is 0.231 e. The second kappa shape index (κ2) is 3.49. The lowest BCUT2D eigenvalue weighted by Crippen LogP contribution is -2.20. The molecule has 0 N–H and O–H groups in total. The smallest absolute Gasteiger partial charge is 0.231 e. The lowest BCUT2D eigenvalue weighted by Gasteiger charge is -2.22. The molecule has 2 heteroatoms. The zero-order valence-electron chi connectivity index (χ0n) is 8.88. The van der Waals surface area contributed by atoms with E-state index in [2.05, 4.69) is 18.2 Å². The van der Waals surface area contributed by atoms with E-state index in [1.165, 1.54) is 5.56 Å². The van der Waals surface area contributed by atoms with E-state index in [1.54, 1.807) is 0 Å². The Morgan fingerprint density at radius 3 is 2.67 bits per heavy atom. The molecule has 0 aliphatic heterocycles. The lowest BCUT2D eigenvalue weighted by molar-refractivity contribution is -0.116. The number of carbonyl (C=O) groups excluding carboxylic acids is 1. The van der Waals surface area contributed by atoms with Crippen molar-refractivity contribution in [3.8, 4) is 0 Å². The van der Waals surface area contributed by atoms with Crippen molar-refractivity contribution in [2.45, 2.75) is 20.3 Å². The Kier molecular flexibility index (Phi) is 2.43. The molecule has 0 radical (unpaired) electrons. The van der Waals surface area contributed by atoms with Gasteiger partial charge in [0.1, 0.15) is 0 Å². The fraction of sp³-hybridized carbons (Fsp3) is 0.308. The first-order chi connectivity index (χ1) is 7.03. The van der Waals surface area contributed by atoms with Gasteiger partial charge in [-0.2, -0.15) is 0 Å². The average molecular weight is 221 g/mol. The average Bonchev–Trinajstić information content (AvgIpc) is 2.61. The first-order valence-corrected chi connectivity index (χ1v) is 5.40. The first kappa shape index (κ1) is 10.4. The maximum absolute atomic E-state index is 11.4. The molecule has 1 aromatic rings. The summed E-state index contributed by atoms with van der Waals surface area (Å²) in [6.07, 6.45) is 3.00. The molecule has 0 fully saturated rings. The van der Waals surface area contributed by atoms with Gasteiger partial charge >= 0.3 is 0 Å². The van der Waals surface area contributed by atoms with Gasteiger partial charge in [0.05, 0.1) is 5.41 Å². The van der Waals surface area contributed by atoms with Crippen LogP contribution in [-0.4, -0.2) is 5.24 Å². The number of hydrogen-bond acceptors (Lipinski definition) is 1. The summed E-state index contributed by atoms with van der Waals surface area (Å²) in [6, 6.07) is 8.15. The van der Waals surface area contributed by atoms with E-state index >= 15 is 0 Å². The van der Waals surface area contributed by atoms with E-state index in [9.17, 15) is 4.79 Å². The fourth-order valence-electron chi connectivity index (χ4n) is 1.98. The fourth-order valence-corrected chi connectivity index (χ4v) is 2.08. The zero-order chi connectivity index (χ0) is 11.1. The molecule has 2 rings (SSSR count). The molecule has 15 heavy (non-hydrogen) atoms. The van der Waals surface area contributed by atoms with Crippen molar-refractivity contribution in [2.24, 2.45) is 5.41 Å². The highest BCUT2D eigenvalue weighted by Gasteiger charge is 2.33. The van der Waals surface area contributed by atoms with Gasteiger partial charge in [0, 0.05) is 0 Å². The standard InChI is InChI=1S/C13H13ClO/c1-13(2,12(14)15)11-8-7-9-5-3-4-6-10(9)11/h3-6,8H,7H2,1-2H3. The number of halogens is 1. The van der Waals surface area contributed by atoms with Crippen molar-refractivity contribution in [1.29, 1.82) is 0 Å². The number of allylic oxidation sites excluding steroid dienone is 2. The molecular weight excluding hydrogens is 208 g/mol. The zero-order valence-corrected chi connectivity index (χ0v) is 9.64. The van der Waals surface area contributed by atoms with E-state index in [-0.39, 0.29) is 5.24 Å². The van der Waals surface area contributed by atoms with Crippen molar-refractivity contribution in [1.82, 2.24) is 0 Å². The summed E-state index contributed by atoms with van der Waals surface area (Å²) in [5.74, 6) is 0. The number of benzene rings is 1. The Bertz CT molecular complexity index is 444. The maximum atomic E-state index is 11.4. The van der Waals surface area contributed by atoms with Crippen LogP contribution in [0.4, 0.5) is 0 Å². The molecule has 0 saturated heterocycles. The Labute approximate surface area is 94.8 Å². The Hall–Kier alpha value is -1.08. The van der Waals surface area contributed by atoms with E-state index < -0.39 is 5.41 Å². The summed E-state index contributed by atoms with van der Waals surface area (Å²) in [5, 5.41) is -0.301. The first-order valence-electron chi connectivity index (χ1n) is 5.02. The number of fused-ring (bicyclic) bond motifs is 1. The molecule has 0 heterocycles. The van der Waals surface area contributed by atoms with Crippen molar-refractivity contribution in [3.63, 3.8) is 0 Å². The van der Waals surface area contributed by atoms with Gasteiger partial charge in [-0.3, -0.25) is 4.79 Å². The van der Waals surface area contributed by atoms with Crippen molar-refractivity contribution < 1.29 is 4.79 Å². The summed E-state index contributed by atoms with van der Waals surface area (Å²) in [6.45, 7) is 3.74. The van der Waals surface area contributed by atoms with Crippen LogP contribution in [0.2, 0.25) is 0 Å². The summed E-state index contributed by atoms with van der Waals surface area (Å²) in [5.41, 5.74) is 2.90. The Balaban J connectivity index is 2.47. The van der Waals surface area contributed by atoms with E-state index in [0.29, 0.717) is 0 Å². The van der Waals surface area contributed by atoms with Gasteiger partial charge in [0.2, 0.25) is 5.24 Å². The lowest BCUT2D eigenvalue weighted by atomic mass is 9.82. The third-order valence-electron chi connectivity index (χ3n) is 3.00. The molecule has 0 saturated carbocycles. The minimum atomic E-state index is -0.589. The van der Waals surface area contributed by atoms with Crippen LogP contribution in [0.25, 0.3) is 5.57 Å². The molecule has 78 valence electrons. The van der Waals surface area contributed by atoms with Crippen LogP contribution in [0, 0.1) is 5.41 Å². The Morgan fingerprint density at radius 1 is 1.33 bits per heavy atom. The number of carbonyl (C=O) groups is 1.